The Morgan fingerprint density at radius 1 is 1.17 bits per heavy atom. The number of rotatable bonds is 12. The summed E-state index contributed by atoms with van der Waals surface area (Å²) in [5.41, 5.74) is 13.4. The topological polar surface area (TPSA) is 145 Å². The number of ether oxygens (including phenoxy) is 1. The van der Waals surface area contributed by atoms with Crippen molar-refractivity contribution in [2.24, 2.45) is 17.4 Å². The van der Waals surface area contributed by atoms with Crippen molar-refractivity contribution < 1.29 is 22.7 Å². The molecule has 3 rings (SSSR count). The van der Waals surface area contributed by atoms with Crippen LogP contribution in [-0.4, -0.2) is 58.5 Å². The highest BCUT2D eigenvalue weighted by Crippen LogP contribution is 2.38. The third kappa shape index (κ3) is 7.41. The Hall–Kier alpha value is -2.21. The zero-order valence-corrected chi connectivity index (χ0v) is 22.2. The largest absolute Gasteiger partial charge is 0.380 e. The van der Waals surface area contributed by atoms with Gasteiger partial charge in [0.15, 0.2) is 0 Å². The summed E-state index contributed by atoms with van der Waals surface area (Å²) >= 11 is 12.7. The van der Waals surface area contributed by atoms with Crippen molar-refractivity contribution in [3.05, 3.63) is 63.1 Å². The van der Waals surface area contributed by atoms with Crippen LogP contribution in [0.25, 0.3) is 0 Å². The van der Waals surface area contributed by atoms with Crippen molar-refractivity contribution in [3.8, 4) is 0 Å². The number of carbonyl (C=O) groups excluding carboxylic acids is 2. The van der Waals surface area contributed by atoms with Crippen LogP contribution in [0.4, 0.5) is 0 Å². The van der Waals surface area contributed by atoms with E-state index in [0.29, 0.717) is 16.6 Å². The number of amides is 2. The predicted octanol–water partition coefficient (Wildman–Crippen LogP) is 2.23. The van der Waals surface area contributed by atoms with Crippen LogP contribution in [-0.2, 0) is 30.9 Å². The SMILES string of the molecule is CN1Cc2c(Cl)cc(Cl)cc2[C@H](c2ccc(S(=O)(=O)NCCOCCC(CC(N)=O)C(N)=O)cc2)C1. The molecule has 0 aliphatic carbocycles. The first-order valence-electron chi connectivity index (χ1n) is 11.4. The highest BCUT2D eigenvalue weighted by molar-refractivity contribution is 7.89. The average molecular weight is 558 g/mol. The molecular weight excluding hydrogens is 527 g/mol. The van der Waals surface area contributed by atoms with Crippen LogP contribution in [0.3, 0.4) is 0 Å². The minimum Gasteiger partial charge on any atom is -0.380 e. The van der Waals surface area contributed by atoms with Crippen molar-refractivity contribution >= 4 is 45.0 Å². The van der Waals surface area contributed by atoms with Crippen molar-refractivity contribution in [1.82, 2.24) is 9.62 Å². The summed E-state index contributed by atoms with van der Waals surface area (Å²) in [7, 11) is -1.73. The molecule has 1 aliphatic heterocycles. The normalized spacial score (nSPS) is 16.9. The van der Waals surface area contributed by atoms with Gasteiger partial charge in [0, 0.05) is 54.5 Å². The first kappa shape index (κ1) is 28.4. The predicted molar refractivity (Wildman–Crippen MR) is 138 cm³/mol. The number of nitrogens with one attached hydrogen (secondary N) is 1. The molecule has 1 aliphatic rings. The van der Waals surface area contributed by atoms with E-state index in [1.807, 2.05) is 13.1 Å². The second kappa shape index (κ2) is 12.4. The fraction of sp³-hybridized carbons (Fsp3) is 0.417. The highest BCUT2D eigenvalue weighted by atomic mass is 35.5. The summed E-state index contributed by atoms with van der Waals surface area (Å²) < 4.78 is 33.2. The molecular formula is C24H30Cl2N4O5S. The Morgan fingerprint density at radius 3 is 2.50 bits per heavy atom. The summed E-state index contributed by atoms with van der Waals surface area (Å²) in [6.07, 6.45) is 0.0759. The Morgan fingerprint density at radius 2 is 1.86 bits per heavy atom. The van der Waals surface area contributed by atoms with Gasteiger partial charge in [0.1, 0.15) is 0 Å². The maximum absolute atomic E-state index is 12.7. The molecule has 2 atom stereocenters. The van der Waals surface area contributed by atoms with E-state index in [4.69, 9.17) is 39.4 Å². The van der Waals surface area contributed by atoms with E-state index in [2.05, 4.69) is 9.62 Å². The van der Waals surface area contributed by atoms with E-state index < -0.39 is 27.8 Å². The maximum Gasteiger partial charge on any atom is 0.240 e. The smallest absolute Gasteiger partial charge is 0.240 e. The van der Waals surface area contributed by atoms with Gasteiger partial charge in [-0.1, -0.05) is 35.3 Å². The minimum absolute atomic E-state index is 0.00635. The molecule has 1 unspecified atom stereocenters. The fourth-order valence-corrected chi connectivity index (χ4v) is 5.84. The summed E-state index contributed by atoms with van der Waals surface area (Å²) in [6, 6.07) is 10.4. The van der Waals surface area contributed by atoms with Crippen LogP contribution >= 0.6 is 23.2 Å². The van der Waals surface area contributed by atoms with Gasteiger partial charge in [0.25, 0.3) is 0 Å². The highest BCUT2D eigenvalue weighted by Gasteiger charge is 2.27. The molecule has 2 aromatic rings. The van der Waals surface area contributed by atoms with Crippen LogP contribution < -0.4 is 16.2 Å². The lowest BCUT2D eigenvalue weighted by Crippen LogP contribution is -2.31. The van der Waals surface area contributed by atoms with Crippen molar-refractivity contribution in [2.45, 2.75) is 30.2 Å². The minimum atomic E-state index is -3.74. The van der Waals surface area contributed by atoms with Gasteiger partial charge in [-0.3, -0.25) is 9.59 Å². The molecule has 0 fully saturated rings. The van der Waals surface area contributed by atoms with E-state index >= 15 is 0 Å². The summed E-state index contributed by atoms with van der Waals surface area (Å²) in [4.78, 5) is 24.6. The number of benzene rings is 2. The van der Waals surface area contributed by atoms with Gasteiger partial charge in [0.05, 0.1) is 11.5 Å². The zero-order valence-electron chi connectivity index (χ0n) is 19.9. The van der Waals surface area contributed by atoms with Crippen molar-refractivity contribution in [3.63, 3.8) is 0 Å². The summed E-state index contributed by atoms with van der Waals surface area (Å²) in [6.45, 7) is 1.74. The summed E-state index contributed by atoms with van der Waals surface area (Å²) in [5.74, 6) is -1.95. The molecule has 0 bridgehead atoms. The molecule has 12 heteroatoms. The van der Waals surface area contributed by atoms with Crippen LogP contribution in [0.5, 0.6) is 0 Å². The number of likely N-dealkylation sites (N-methyl/N-ethyl adjacent to an activating group) is 1. The zero-order chi connectivity index (χ0) is 26.5. The van der Waals surface area contributed by atoms with Gasteiger partial charge >= 0.3 is 0 Å². The van der Waals surface area contributed by atoms with Crippen LogP contribution in [0.2, 0.25) is 10.0 Å². The number of hydrogen-bond acceptors (Lipinski definition) is 6. The third-order valence-electron chi connectivity index (χ3n) is 6.08. The van der Waals surface area contributed by atoms with Gasteiger partial charge in [-0.15, -0.1) is 0 Å². The molecule has 196 valence electrons. The van der Waals surface area contributed by atoms with Gasteiger partial charge in [-0.05, 0) is 54.4 Å². The molecule has 0 spiro atoms. The second-order valence-corrected chi connectivity index (χ2v) is 11.5. The van der Waals surface area contributed by atoms with Crippen LogP contribution in [0.1, 0.15) is 35.4 Å². The lowest BCUT2D eigenvalue weighted by Gasteiger charge is -2.33. The monoisotopic (exact) mass is 556 g/mol. The van der Waals surface area contributed by atoms with Crippen molar-refractivity contribution in [1.29, 1.82) is 0 Å². The standard InChI is InChI=1S/C24H30Cl2N4O5S/c1-30-13-20(19-11-17(25)12-22(26)21(19)14-30)15-2-4-18(5-3-15)36(33,34)29-7-9-35-8-6-16(24(28)32)10-23(27)31/h2-5,11-12,16,20,29H,6-10,13-14H2,1H3,(H2,27,31)(H2,28,32)/t16?,20-/m0/s1. The molecule has 2 aromatic carbocycles. The lowest BCUT2D eigenvalue weighted by molar-refractivity contribution is -0.127. The number of carbonyl (C=O) groups is 2. The molecule has 36 heavy (non-hydrogen) atoms. The van der Waals surface area contributed by atoms with E-state index in [-0.39, 0.29) is 43.4 Å². The molecule has 9 nitrogen and oxygen atoms in total. The number of halogens is 2. The Kier molecular flexibility index (Phi) is 9.73. The quantitative estimate of drug-likeness (QED) is 0.342. The molecule has 0 radical (unpaired) electrons. The number of fused-ring (bicyclic) bond motifs is 1. The van der Waals surface area contributed by atoms with E-state index in [1.165, 1.54) is 0 Å². The maximum atomic E-state index is 12.7. The molecule has 0 saturated carbocycles. The first-order valence-corrected chi connectivity index (χ1v) is 13.6. The van der Waals surface area contributed by atoms with Crippen LogP contribution in [0, 0.1) is 5.92 Å². The molecule has 1 heterocycles. The second-order valence-electron chi connectivity index (χ2n) is 8.84. The number of hydrogen-bond donors (Lipinski definition) is 3. The van der Waals surface area contributed by atoms with Crippen molar-refractivity contribution in [2.75, 3.05) is 33.4 Å². The number of primary amides is 2. The van der Waals surface area contributed by atoms with Gasteiger partial charge in [-0.25, -0.2) is 13.1 Å². The number of nitrogens with two attached hydrogens (primary N) is 2. The van der Waals surface area contributed by atoms with E-state index in [0.717, 1.165) is 23.2 Å². The summed E-state index contributed by atoms with van der Waals surface area (Å²) in [5, 5.41) is 1.19. The Bertz CT molecular complexity index is 1210. The Balaban J connectivity index is 1.57. The molecule has 2 amide bonds. The van der Waals surface area contributed by atoms with Gasteiger partial charge < -0.3 is 21.1 Å². The van der Waals surface area contributed by atoms with E-state index in [1.54, 1.807) is 30.3 Å². The lowest BCUT2D eigenvalue weighted by atomic mass is 9.85. The molecule has 0 saturated heterocycles. The Labute approximate surface area is 221 Å². The first-order chi connectivity index (χ1) is 17.0. The average Bonchev–Trinajstić information content (AvgIpc) is 2.80. The molecule has 0 aromatic heterocycles. The van der Waals surface area contributed by atoms with Crippen LogP contribution in [0.15, 0.2) is 41.3 Å². The van der Waals surface area contributed by atoms with Gasteiger partial charge in [-0.2, -0.15) is 0 Å². The number of nitrogens with zero attached hydrogens (tertiary/aromatic N) is 1. The number of sulfonamides is 1. The van der Waals surface area contributed by atoms with E-state index in [9.17, 15) is 18.0 Å². The molecule has 5 N–H and O–H groups in total. The third-order valence-corrected chi connectivity index (χ3v) is 8.12. The van der Waals surface area contributed by atoms with Gasteiger partial charge in [0.2, 0.25) is 21.8 Å². The fourth-order valence-electron chi connectivity index (χ4n) is 4.26.